The molecule has 6 rings (SSSR count). The number of ether oxygens (including phenoxy) is 6. The predicted octanol–water partition coefficient (Wildman–Crippen LogP) is 17.3. The maximum Gasteiger partial charge on any atom is 0.306 e. The van der Waals surface area contributed by atoms with E-state index in [1.54, 1.807) is 0 Å². The van der Waals surface area contributed by atoms with Crippen LogP contribution in [0, 0.1) is 71.0 Å². The first kappa shape index (κ1) is 93.2. The van der Waals surface area contributed by atoms with E-state index in [0.29, 0.717) is 131 Å². The van der Waals surface area contributed by atoms with Crippen LogP contribution in [0.25, 0.3) is 0 Å². The summed E-state index contributed by atoms with van der Waals surface area (Å²) in [6, 6.07) is 0. The molecule has 6 fully saturated rings. The number of aliphatic hydroxyl groups excluding tert-OH is 2. The Bertz CT molecular complexity index is 2310. The summed E-state index contributed by atoms with van der Waals surface area (Å²) in [6.07, 6.45) is 41.1. The van der Waals surface area contributed by atoms with Gasteiger partial charge >= 0.3 is 35.8 Å². The van der Waals surface area contributed by atoms with Gasteiger partial charge < -0.3 is 38.6 Å². The molecule has 14 atom stereocenters. The lowest BCUT2D eigenvalue weighted by atomic mass is 9.87. The number of Topliss-reactive ketones (excluding diaryl/α,β-unsaturated/α-hetero) is 4. The number of aliphatic hydroxyl groups is 2. The first-order valence-electron chi connectivity index (χ1n) is 39.9. The number of carbonyl (C=O) groups excluding carboxylic acids is 10. The third-order valence-electron chi connectivity index (χ3n) is 21.6. The predicted molar refractivity (Wildman–Crippen MR) is 392 cm³/mol. The lowest BCUT2D eigenvalue weighted by molar-refractivity contribution is -0.146. The van der Waals surface area contributed by atoms with Crippen LogP contribution >= 0.6 is 0 Å². The van der Waals surface area contributed by atoms with Crippen molar-refractivity contribution in [3.8, 4) is 0 Å². The Morgan fingerprint density at radius 1 is 0.340 bits per heavy atom. The van der Waals surface area contributed by atoms with Crippen LogP contribution in [0.2, 0.25) is 0 Å². The number of allylic oxidation sites excluding steroid dienone is 2. The highest BCUT2D eigenvalue weighted by Crippen LogP contribution is 2.41. The number of unbranched alkanes of at least 4 members (excludes halogenated alkanes) is 10. The second-order valence-electron chi connectivity index (χ2n) is 29.0. The maximum atomic E-state index is 11.8. The van der Waals surface area contributed by atoms with Crippen LogP contribution in [0.4, 0.5) is 0 Å². The van der Waals surface area contributed by atoms with Crippen molar-refractivity contribution >= 4 is 58.9 Å². The van der Waals surface area contributed by atoms with E-state index in [2.05, 4.69) is 63.2 Å². The highest BCUT2D eigenvalue weighted by atomic mass is 16.5. The molecular weight excluding hydrogens is 1270 g/mol. The monoisotopic (exact) mass is 1420 g/mol. The summed E-state index contributed by atoms with van der Waals surface area (Å²) in [4.78, 5) is 115. The minimum absolute atomic E-state index is 0.0295. The summed E-state index contributed by atoms with van der Waals surface area (Å²) in [5.74, 6) is 3.02. The van der Waals surface area contributed by atoms with E-state index in [4.69, 9.17) is 18.9 Å². The van der Waals surface area contributed by atoms with Crippen molar-refractivity contribution in [3.63, 3.8) is 0 Å². The minimum Gasteiger partial charge on any atom is -0.469 e. The topological polar surface area (TPSA) is 267 Å². The summed E-state index contributed by atoms with van der Waals surface area (Å²) in [5, 5.41) is 19.8. The molecule has 0 heterocycles. The molecule has 100 heavy (non-hydrogen) atoms. The van der Waals surface area contributed by atoms with E-state index in [1.165, 1.54) is 85.5 Å². The van der Waals surface area contributed by atoms with Gasteiger partial charge in [0.15, 0.2) is 0 Å². The molecule has 0 bridgehead atoms. The van der Waals surface area contributed by atoms with Crippen molar-refractivity contribution in [1.82, 2.24) is 0 Å². The fourth-order valence-corrected chi connectivity index (χ4v) is 15.8. The van der Waals surface area contributed by atoms with Gasteiger partial charge in [-0.3, -0.25) is 47.9 Å². The summed E-state index contributed by atoms with van der Waals surface area (Å²) >= 11 is 0. The van der Waals surface area contributed by atoms with Crippen molar-refractivity contribution in [3.05, 3.63) is 12.2 Å². The number of esters is 6. The molecule has 0 amide bonds. The second-order valence-corrected chi connectivity index (χ2v) is 29.0. The van der Waals surface area contributed by atoms with E-state index < -0.39 is 0 Å². The number of hydrogen-bond donors (Lipinski definition) is 2. The Hall–Kier alpha value is -4.84. The largest absolute Gasteiger partial charge is 0.469 e. The summed E-state index contributed by atoms with van der Waals surface area (Å²) in [6.45, 7) is 19.9. The zero-order chi connectivity index (χ0) is 74.6. The van der Waals surface area contributed by atoms with E-state index >= 15 is 0 Å². The van der Waals surface area contributed by atoms with Crippen molar-refractivity contribution < 1.29 is 86.6 Å². The summed E-state index contributed by atoms with van der Waals surface area (Å²) < 4.78 is 29.1. The van der Waals surface area contributed by atoms with Crippen molar-refractivity contribution in [2.45, 2.75) is 338 Å². The zero-order valence-corrected chi connectivity index (χ0v) is 64.8. The molecule has 0 radical (unpaired) electrons. The van der Waals surface area contributed by atoms with Gasteiger partial charge in [0, 0.05) is 87.9 Å². The number of rotatable bonds is 39. The van der Waals surface area contributed by atoms with Crippen LogP contribution in [0.5, 0.6) is 0 Å². The van der Waals surface area contributed by atoms with E-state index in [9.17, 15) is 58.2 Å². The third-order valence-corrected chi connectivity index (χ3v) is 21.6. The molecular formula is C82H142O18. The van der Waals surface area contributed by atoms with E-state index in [-0.39, 0.29) is 95.4 Å². The van der Waals surface area contributed by atoms with Gasteiger partial charge in [0.2, 0.25) is 0 Å². The average molecular weight is 1420 g/mol. The van der Waals surface area contributed by atoms with Crippen LogP contribution in [0.15, 0.2) is 12.2 Å². The second kappa shape index (κ2) is 57.6. The van der Waals surface area contributed by atoms with Crippen LogP contribution in [-0.4, -0.2) is 123 Å². The molecule has 6 aliphatic carbocycles. The molecule has 0 aliphatic heterocycles. The normalized spacial score (nSPS) is 25.8. The molecule has 578 valence electrons. The Morgan fingerprint density at radius 3 is 0.940 bits per heavy atom. The molecule has 0 spiro atoms. The molecule has 18 heteroatoms. The fraction of sp³-hybridized carbons (Fsp3) is 0.854. The molecule has 0 aromatic carbocycles. The molecule has 0 aromatic rings. The lowest BCUT2D eigenvalue weighted by Crippen LogP contribution is -2.22. The number of carbonyl (C=O) groups is 10. The Labute approximate surface area is 604 Å². The number of methoxy groups -OCH3 is 3. The first-order chi connectivity index (χ1) is 48.1. The molecule has 6 aliphatic rings. The van der Waals surface area contributed by atoms with E-state index in [0.717, 1.165) is 135 Å². The van der Waals surface area contributed by atoms with Gasteiger partial charge in [-0.05, 0) is 164 Å². The molecule has 6 saturated carbocycles. The first-order valence-corrected chi connectivity index (χ1v) is 39.9. The van der Waals surface area contributed by atoms with Crippen molar-refractivity contribution in [1.29, 1.82) is 0 Å². The van der Waals surface area contributed by atoms with Gasteiger partial charge in [-0.15, -0.1) is 0 Å². The average Bonchev–Trinajstić information content (AvgIpc) is 1.78. The van der Waals surface area contributed by atoms with Gasteiger partial charge in [-0.2, -0.15) is 0 Å². The van der Waals surface area contributed by atoms with Gasteiger partial charge in [0.25, 0.3) is 0 Å². The van der Waals surface area contributed by atoms with Crippen LogP contribution < -0.4 is 0 Å². The standard InChI is InChI=1S/C15H26O3.C14H26O3.C14H24O3.C13H24O3.C13H22O3.C13H20O3/c1-3-5-6-7-13-12(8-9-14(13)16)11-15(17)18-10-4-2;2*1-3-5-6-7-12-11(8-9-13(12)15)10-14(16)17-4-2;3*1-3-4-5-6-11-10(7-8-12(11)14)9-13(15)16-2/h12-13H,3-11H2,1-2H3;11-13,15H,3-10H2,1-2H3;11-12H,3-10H2,1-2H3;10-12,14H,3-9H2,1-2H3;10-11H,3-9H2,1-2H3;4-5,10-11H,3,6-9H2,1-2H3/b;;;;;5-4-. The van der Waals surface area contributed by atoms with Gasteiger partial charge in [0.05, 0.1) is 53.4 Å². The molecule has 0 saturated heterocycles. The van der Waals surface area contributed by atoms with Crippen LogP contribution in [-0.2, 0) is 76.4 Å². The zero-order valence-electron chi connectivity index (χ0n) is 64.8. The number of hydrogen-bond acceptors (Lipinski definition) is 18. The highest BCUT2D eigenvalue weighted by Gasteiger charge is 2.40. The highest BCUT2D eigenvalue weighted by molar-refractivity contribution is 5.86. The molecule has 14 unspecified atom stereocenters. The molecule has 0 aromatic heterocycles. The Morgan fingerprint density at radius 2 is 0.630 bits per heavy atom. The Balaban J connectivity index is 0.000000600. The van der Waals surface area contributed by atoms with Gasteiger partial charge in [-0.1, -0.05) is 157 Å². The molecule has 2 N–H and O–H groups in total. The SMILES string of the molecule is CC/C=C\CC1C(=O)CCC1CC(=O)OC.CCCCCC1C(=O)CCC1CC(=O)OC.CCCCCC1C(=O)CCC1CC(=O)OCC.CCCCCC1C(=O)CCC1CC(=O)OCCC.CCCCCC1C(O)CCC1CC(=O)OC.CCCCCC1C(O)CCC1CC(=O)OCC. The lowest BCUT2D eigenvalue weighted by Gasteiger charge is -2.21. The maximum absolute atomic E-state index is 11.8. The summed E-state index contributed by atoms with van der Waals surface area (Å²) in [5.41, 5.74) is 0. The smallest absolute Gasteiger partial charge is 0.306 e. The Kier molecular flexibility index (Phi) is 53.6. The number of ketones is 4. The van der Waals surface area contributed by atoms with Crippen molar-refractivity contribution in [2.24, 2.45) is 71.0 Å². The van der Waals surface area contributed by atoms with Crippen LogP contribution in [0.1, 0.15) is 326 Å². The van der Waals surface area contributed by atoms with Crippen molar-refractivity contribution in [2.75, 3.05) is 41.2 Å². The van der Waals surface area contributed by atoms with Crippen LogP contribution in [0.3, 0.4) is 0 Å². The fourth-order valence-electron chi connectivity index (χ4n) is 15.8. The third kappa shape index (κ3) is 38.6. The van der Waals surface area contributed by atoms with Gasteiger partial charge in [-0.25, -0.2) is 0 Å². The van der Waals surface area contributed by atoms with E-state index in [1.807, 2.05) is 20.8 Å². The summed E-state index contributed by atoms with van der Waals surface area (Å²) in [7, 11) is 4.23. The minimum atomic E-state index is -0.204. The quantitative estimate of drug-likeness (QED) is 0.0251. The molecule has 18 nitrogen and oxygen atoms in total. The van der Waals surface area contributed by atoms with Gasteiger partial charge in [0.1, 0.15) is 23.1 Å².